The van der Waals surface area contributed by atoms with Crippen molar-refractivity contribution in [2.45, 2.75) is 4.90 Å². The number of rotatable bonds is 2. The van der Waals surface area contributed by atoms with E-state index >= 15 is 0 Å². The fourth-order valence-electron chi connectivity index (χ4n) is 1.76. The Labute approximate surface area is 128 Å². The van der Waals surface area contributed by atoms with E-state index in [2.05, 4.69) is 15.0 Å². The number of benzene rings is 1. The van der Waals surface area contributed by atoms with Crippen molar-refractivity contribution in [3.8, 4) is 0 Å². The van der Waals surface area contributed by atoms with Crippen molar-refractivity contribution < 1.29 is 12.8 Å². The van der Waals surface area contributed by atoms with Gasteiger partial charge in [0, 0.05) is 0 Å². The van der Waals surface area contributed by atoms with Crippen LogP contribution in [0.25, 0.3) is 11.2 Å². The molecule has 2 aromatic heterocycles. The number of hydrogen-bond donors (Lipinski definition) is 0. The van der Waals surface area contributed by atoms with Crippen LogP contribution in [0.5, 0.6) is 0 Å². The summed E-state index contributed by atoms with van der Waals surface area (Å²) in [5.41, 5.74) is -0.0655. The molecular formula is C11H5Cl2FN4O2S. The Morgan fingerprint density at radius 2 is 1.86 bits per heavy atom. The normalized spacial score (nSPS) is 12.0. The van der Waals surface area contributed by atoms with Gasteiger partial charge in [0.1, 0.15) is 22.6 Å². The van der Waals surface area contributed by atoms with Crippen molar-refractivity contribution in [1.82, 2.24) is 18.9 Å². The molecule has 21 heavy (non-hydrogen) atoms. The summed E-state index contributed by atoms with van der Waals surface area (Å²) in [7, 11) is -4.21. The molecule has 1 aromatic carbocycles. The van der Waals surface area contributed by atoms with Crippen molar-refractivity contribution >= 4 is 44.4 Å². The first kappa shape index (κ1) is 14.2. The van der Waals surface area contributed by atoms with E-state index in [9.17, 15) is 12.8 Å². The molecule has 0 aliphatic heterocycles. The quantitative estimate of drug-likeness (QED) is 0.526. The number of fused-ring (bicyclic) bond motifs is 1. The van der Waals surface area contributed by atoms with Crippen LogP contribution in [0, 0.1) is 5.82 Å². The first-order valence-electron chi connectivity index (χ1n) is 5.47. The Bertz CT molecular complexity index is 958. The molecule has 3 rings (SSSR count). The van der Waals surface area contributed by atoms with E-state index in [1.54, 1.807) is 0 Å². The van der Waals surface area contributed by atoms with Crippen LogP contribution < -0.4 is 0 Å². The molecule has 0 bridgehead atoms. The van der Waals surface area contributed by atoms with Gasteiger partial charge in [-0.05, 0) is 23.7 Å². The van der Waals surface area contributed by atoms with Gasteiger partial charge in [-0.2, -0.15) is 4.98 Å². The highest BCUT2D eigenvalue weighted by Gasteiger charge is 2.25. The van der Waals surface area contributed by atoms with Gasteiger partial charge in [0.25, 0.3) is 10.0 Å². The highest BCUT2D eigenvalue weighted by Crippen LogP contribution is 2.25. The first-order valence-corrected chi connectivity index (χ1v) is 7.67. The van der Waals surface area contributed by atoms with Crippen molar-refractivity contribution in [1.29, 1.82) is 0 Å². The summed E-state index contributed by atoms with van der Waals surface area (Å²) in [6.07, 6.45) is 0.976. The van der Waals surface area contributed by atoms with Crippen LogP contribution >= 0.6 is 23.2 Å². The summed E-state index contributed by atoms with van der Waals surface area (Å²) in [6, 6.07) is 4.97. The van der Waals surface area contributed by atoms with E-state index in [-0.39, 0.29) is 21.6 Å². The standard InChI is InChI=1S/C11H5Cl2FN4O2S/c12-9-8-10(17-11(13)16-9)18(5-15-8)21(19,20)7-4-2-1-3-6(7)14/h1-5H. The monoisotopic (exact) mass is 346 g/mol. The predicted molar refractivity (Wildman–Crippen MR) is 74.3 cm³/mol. The largest absolute Gasteiger partial charge is 0.273 e. The van der Waals surface area contributed by atoms with Crippen LogP contribution in [0.4, 0.5) is 4.39 Å². The zero-order valence-electron chi connectivity index (χ0n) is 10.0. The van der Waals surface area contributed by atoms with E-state index in [0.29, 0.717) is 3.97 Å². The lowest BCUT2D eigenvalue weighted by Crippen LogP contribution is -2.14. The summed E-state index contributed by atoms with van der Waals surface area (Å²) in [6.45, 7) is 0. The van der Waals surface area contributed by atoms with Gasteiger partial charge in [-0.3, -0.25) is 0 Å². The Morgan fingerprint density at radius 3 is 2.57 bits per heavy atom. The molecule has 0 radical (unpaired) electrons. The van der Waals surface area contributed by atoms with Gasteiger partial charge in [0.2, 0.25) is 5.28 Å². The predicted octanol–water partition coefficient (Wildman–Crippen LogP) is 2.51. The molecule has 2 heterocycles. The maximum Gasteiger partial charge on any atom is 0.273 e. The number of aromatic nitrogens is 4. The van der Waals surface area contributed by atoms with E-state index in [0.717, 1.165) is 18.5 Å². The van der Waals surface area contributed by atoms with Gasteiger partial charge in [-0.25, -0.2) is 26.7 Å². The lowest BCUT2D eigenvalue weighted by Gasteiger charge is -2.06. The van der Waals surface area contributed by atoms with Gasteiger partial charge in [-0.15, -0.1) is 0 Å². The number of nitrogens with zero attached hydrogens (tertiary/aromatic N) is 4. The second kappa shape index (κ2) is 4.90. The third-order valence-electron chi connectivity index (χ3n) is 2.67. The van der Waals surface area contributed by atoms with E-state index in [4.69, 9.17) is 23.2 Å². The molecule has 10 heteroatoms. The maximum atomic E-state index is 13.7. The number of imidazole rings is 1. The fraction of sp³-hybridized carbons (Fsp3) is 0. The highest BCUT2D eigenvalue weighted by molar-refractivity contribution is 7.90. The van der Waals surface area contributed by atoms with Gasteiger partial charge in [-0.1, -0.05) is 23.7 Å². The van der Waals surface area contributed by atoms with Crippen LogP contribution in [-0.4, -0.2) is 27.3 Å². The zero-order valence-corrected chi connectivity index (χ0v) is 12.4. The van der Waals surface area contributed by atoms with Gasteiger partial charge < -0.3 is 0 Å². The van der Waals surface area contributed by atoms with Crippen molar-refractivity contribution in [2.24, 2.45) is 0 Å². The van der Waals surface area contributed by atoms with Crippen LogP contribution in [0.15, 0.2) is 35.5 Å². The van der Waals surface area contributed by atoms with Crippen LogP contribution in [0.1, 0.15) is 0 Å². The average Bonchev–Trinajstić information content (AvgIpc) is 2.83. The lowest BCUT2D eigenvalue weighted by atomic mass is 10.4. The van der Waals surface area contributed by atoms with Crippen LogP contribution in [0.2, 0.25) is 10.4 Å². The maximum absolute atomic E-state index is 13.7. The molecule has 0 amide bonds. The zero-order chi connectivity index (χ0) is 15.2. The minimum absolute atomic E-state index is 0.0565. The van der Waals surface area contributed by atoms with Crippen LogP contribution in [-0.2, 0) is 10.0 Å². The van der Waals surface area contributed by atoms with E-state index in [1.165, 1.54) is 12.1 Å². The molecule has 108 valence electrons. The summed E-state index contributed by atoms with van der Waals surface area (Å²) >= 11 is 11.5. The van der Waals surface area contributed by atoms with E-state index < -0.39 is 20.7 Å². The third kappa shape index (κ3) is 2.25. The second-order valence-corrected chi connectivity index (χ2v) is 6.41. The molecule has 0 saturated heterocycles. The van der Waals surface area contributed by atoms with Crippen molar-refractivity contribution in [2.75, 3.05) is 0 Å². The third-order valence-corrected chi connectivity index (χ3v) is 4.77. The van der Waals surface area contributed by atoms with Crippen LogP contribution in [0.3, 0.4) is 0 Å². The van der Waals surface area contributed by atoms with Crippen molar-refractivity contribution in [3.63, 3.8) is 0 Å². The highest BCUT2D eigenvalue weighted by atomic mass is 35.5. The molecule has 0 saturated carbocycles. The molecule has 0 unspecified atom stereocenters. The fourth-order valence-corrected chi connectivity index (χ4v) is 3.48. The number of hydrogen-bond acceptors (Lipinski definition) is 5. The Hall–Kier alpha value is -1.77. The molecule has 0 atom stereocenters. The average molecular weight is 347 g/mol. The Balaban J connectivity index is 2.33. The minimum Gasteiger partial charge on any atom is -0.231 e. The molecule has 3 aromatic rings. The molecular weight excluding hydrogens is 342 g/mol. The summed E-state index contributed by atoms with van der Waals surface area (Å²) in [5, 5.41) is -0.328. The molecule has 0 aliphatic carbocycles. The Kier molecular flexibility index (Phi) is 3.31. The van der Waals surface area contributed by atoms with Gasteiger partial charge >= 0.3 is 0 Å². The molecule has 0 fully saturated rings. The molecule has 0 aliphatic rings. The topological polar surface area (TPSA) is 77.7 Å². The first-order chi connectivity index (χ1) is 9.91. The summed E-state index contributed by atoms with van der Waals surface area (Å²) < 4.78 is 39.4. The molecule has 6 nitrogen and oxygen atoms in total. The summed E-state index contributed by atoms with van der Waals surface area (Å²) in [4.78, 5) is 10.8. The smallest absolute Gasteiger partial charge is 0.231 e. The number of halogens is 3. The minimum atomic E-state index is -4.21. The SMILES string of the molecule is O=S(=O)(c1ccccc1F)n1cnc2c(Cl)nc(Cl)nc21. The lowest BCUT2D eigenvalue weighted by molar-refractivity contribution is 0.561. The summed E-state index contributed by atoms with van der Waals surface area (Å²) in [5.74, 6) is -0.884. The van der Waals surface area contributed by atoms with Crippen molar-refractivity contribution in [3.05, 3.63) is 46.8 Å². The van der Waals surface area contributed by atoms with E-state index in [1.807, 2.05) is 0 Å². The van der Waals surface area contributed by atoms with Gasteiger partial charge in [0.05, 0.1) is 0 Å². The second-order valence-electron chi connectivity index (χ2n) is 3.93. The van der Waals surface area contributed by atoms with Gasteiger partial charge in [0.15, 0.2) is 10.8 Å². The molecule has 0 N–H and O–H groups in total. The Morgan fingerprint density at radius 1 is 1.14 bits per heavy atom. The molecule has 0 spiro atoms.